The van der Waals surface area contributed by atoms with Crippen LogP contribution in [0.25, 0.3) is 0 Å². The molecular formula is C12H16O4. The number of carbonyl (C=O) groups is 1. The van der Waals surface area contributed by atoms with Gasteiger partial charge in [-0.1, -0.05) is 18.2 Å². The predicted molar refractivity (Wildman–Crippen MR) is 58.6 cm³/mol. The summed E-state index contributed by atoms with van der Waals surface area (Å²) in [6.07, 6.45) is 0.851. The van der Waals surface area contributed by atoms with Crippen molar-refractivity contribution in [1.29, 1.82) is 0 Å². The zero-order valence-electron chi connectivity index (χ0n) is 9.27. The maximum Gasteiger partial charge on any atom is 0.305 e. The minimum atomic E-state index is -0.264. The number of esters is 1. The predicted octanol–water partition coefficient (Wildman–Crippen LogP) is 0.777. The quantitative estimate of drug-likeness (QED) is 0.725. The van der Waals surface area contributed by atoms with E-state index in [9.17, 15) is 4.79 Å². The molecule has 0 saturated heterocycles. The number of carbonyl (C=O) groups excluding carboxylic acids is 1. The van der Waals surface area contributed by atoms with E-state index in [0.717, 1.165) is 16.7 Å². The molecule has 0 spiro atoms. The van der Waals surface area contributed by atoms with Crippen LogP contribution in [0.3, 0.4) is 0 Å². The van der Waals surface area contributed by atoms with Gasteiger partial charge in [0.05, 0.1) is 20.3 Å². The molecule has 0 amide bonds. The number of hydrogen-bond acceptors (Lipinski definition) is 4. The van der Waals surface area contributed by atoms with Crippen LogP contribution < -0.4 is 0 Å². The standard InChI is InChI=1S/C12H16O4/c1-16-12(15)3-2-9-4-10(7-13)6-11(5-9)8-14/h4-6,13-14H,2-3,7-8H2,1H3. The van der Waals surface area contributed by atoms with Gasteiger partial charge in [0.15, 0.2) is 0 Å². The Bertz CT molecular complexity index is 338. The number of ether oxygens (including phenoxy) is 1. The van der Waals surface area contributed by atoms with Crippen LogP contribution in [0.5, 0.6) is 0 Å². The number of hydrogen-bond donors (Lipinski definition) is 2. The van der Waals surface area contributed by atoms with E-state index < -0.39 is 0 Å². The Labute approximate surface area is 94.5 Å². The molecule has 2 N–H and O–H groups in total. The van der Waals surface area contributed by atoms with Gasteiger partial charge in [0.1, 0.15) is 0 Å². The Morgan fingerprint density at radius 1 is 1.12 bits per heavy atom. The summed E-state index contributed by atoms with van der Waals surface area (Å²) in [5.74, 6) is -0.264. The van der Waals surface area contributed by atoms with Crippen molar-refractivity contribution in [1.82, 2.24) is 0 Å². The van der Waals surface area contributed by atoms with E-state index in [1.165, 1.54) is 7.11 Å². The summed E-state index contributed by atoms with van der Waals surface area (Å²) in [5.41, 5.74) is 2.40. The number of benzene rings is 1. The monoisotopic (exact) mass is 224 g/mol. The van der Waals surface area contributed by atoms with E-state index in [0.29, 0.717) is 12.8 Å². The molecule has 0 heterocycles. The first-order chi connectivity index (χ1) is 7.69. The smallest absolute Gasteiger partial charge is 0.305 e. The lowest BCUT2D eigenvalue weighted by atomic mass is 10.0. The first kappa shape index (κ1) is 12.7. The maximum atomic E-state index is 11.0. The Hall–Kier alpha value is -1.39. The normalized spacial score (nSPS) is 10.2. The molecule has 0 aliphatic heterocycles. The number of aliphatic hydroxyl groups excluding tert-OH is 2. The molecular weight excluding hydrogens is 208 g/mol. The average molecular weight is 224 g/mol. The van der Waals surface area contributed by atoms with Gasteiger partial charge in [0.25, 0.3) is 0 Å². The van der Waals surface area contributed by atoms with Crippen LogP contribution in [0.4, 0.5) is 0 Å². The van der Waals surface area contributed by atoms with Crippen molar-refractivity contribution in [3.8, 4) is 0 Å². The second-order valence-electron chi connectivity index (χ2n) is 3.55. The largest absolute Gasteiger partial charge is 0.469 e. The van der Waals surface area contributed by atoms with Gasteiger partial charge in [-0.3, -0.25) is 4.79 Å². The number of methoxy groups -OCH3 is 1. The molecule has 0 atom stereocenters. The van der Waals surface area contributed by atoms with Crippen molar-refractivity contribution in [2.45, 2.75) is 26.1 Å². The lowest BCUT2D eigenvalue weighted by Crippen LogP contribution is -2.03. The highest BCUT2D eigenvalue weighted by Crippen LogP contribution is 2.12. The fraction of sp³-hybridized carbons (Fsp3) is 0.417. The van der Waals surface area contributed by atoms with Gasteiger partial charge in [0.2, 0.25) is 0 Å². The molecule has 0 saturated carbocycles. The zero-order valence-corrected chi connectivity index (χ0v) is 9.27. The topological polar surface area (TPSA) is 66.8 Å². The van der Waals surface area contributed by atoms with Gasteiger partial charge in [-0.05, 0) is 23.1 Å². The molecule has 1 aromatic carbocycles. The molecule has 0 aliphatic rings. The molecule has 4 nitrogen and oxygen atoms in total. The highest BCUT2D eigenvalue weighted by molar-refractivity contribution is 5.69. The first-order valence-electron chi connectivity index (χ1n) is 5.10. The number of aliphatic hydroxyl groups is 2. The number of aryl methyl sites for hydroxylation is 1. The van der Waals surface area contributed by atoms with Crippen LogP contribution in [0, 0.1) is 0 Å². The van der Waals surface area contributed by atoms with E-state index in [4.69, 9.17) is 10.2 Å². The number of rotatable bonds is 5. The molecule has 4 heteroatoms. The Morgan fingerprint density at radius 2 is 1.62 bits per heavy atom. The summed E-state index contributed by atoms with van der Waals surface area (Å²) < 4.78 is 4.55. The maximum absolute atomic E-state index is 11.0. The Kier molecular flexibility index (Phi) is 4.95. The van der Waals surface area contributed by atoms with Crippen molar-refractivity contribution < 1.29 is 19.7 Å². The molecule has 16 heavy (non-hydrogen) atoms. The second kappa shape index (κ2) is 6.25. The van der Waals surface area contributed by atoms with Gasteiger partial charge in [-0.2, -0.15) is 0 Å². The van der Waals surface area contributed by atoms with Gasteiger partial charge < -0.3 is 14.9 Å². The second-order valence-corrected chi connectivity index (χ2v) is 3.55. The van der Waals surface area contributed by atoms with Crippen molar-refractivity contribution in [3.63, 3.8) is 0 Å². The van der Waals surface area contributed by atoms with Crippen molar-refractivity contribution >= 4 is 5.97 Å². The lowest BCUT2D eigenvalue weighted by Gasteiger charge is -2.06. The molecule has 0 aromatic heterocycles. The van der Waals surface area contributed by atoms with Crippen LogP contribution in [-0.4, -0.2) is 23.3 Å². The van der Waals surface area contributed by atoms with Crippen LogP contribution >= 0.6 is 0 Å². The fourth-order valence-corrected chi connectivity index (χ4v) is 1.51. The minimum absolute atomic E-state index is 0.0704. The molecule has 0 radical (unpaired) electrons. The summed E-state index contributed by atoms with van der Waals surface area (Å²) >= 11 is 0. The third-order valence-electron chi connectivity index (χ3n) is 2.32. The van der Waals surface area contributed by atoms with Crippen LogP contribution in [0.1, 0.15) is 23.1 Å². The molecule has 0 aliphatic carbocycles. The van der Waals surface area contributed by atoms with Gasteiger partial charge in [-0.15, -0.1) is 0 Å². The van der Waals surface area contributed by atoms with Crippen LogP contribution in [0.15, 0.2) is 18.2 Å². The van der Waals surface area contributed by atoms with E-state index in [1.807, 2.05) is 12.1 Å². The highest BCUT2D eigenvalue weighted by atomic mass is 16.5. The Balaban J connectivity index is 2.74. The van der Waals surface area contributed by atoms with Crippen molar-refractivity contribution in [3.05, 3.63) is 34.9 Å². The Morgan fingerprint density at radius 3 is 2.06 bits per heavy atom. The van der Waals surface area contributed by atoms with E-state index in [-0.39, 0.29) is 19.2 Å². The SMILES string of the molecule is COC(=O)CCc1cc(CO)cc(CO)c1. The average Bonchev–Trinajstić information content (AvgIpc) is 2.35. The summed E-state index contributed by atoms with van der Waals surface area (Å²) in [6, 6.07) is 5.38. The summed E-state index contributed by atoms with van der Waals surface area (Å²) in [4.78, 5) is 11.0. The van der Waals surface area contributed by atoms with E-state index in [2.05, 4.69) is 4.74 Å². The molecule has 0 fully saturated rings. The summed E-state index contributed by atoms with van der Waals surface area (Å²) in [6.45, 7) is -0.141. The van der Waals surface area contributed by atoms with Gasteiger partial charge in [-0.25, -0.2) is 0 Å². The molecule has 1 rings (SSSR count). The fourth-order valence-electron chi connectivity index (χ4n) is 1.51. The van der Waals surface area contributed by atoms with E-state index in [1.54, 1.807) is 6.07 Å². The minimum Gasteiger partial charge on any atom is -0.469 e. The summed E-state index contributed by atoms with van der Waals surface area (Å²) in [7, 11) is 1.35. The van der Waals surface area contributed by atoms with Crippen LogP contribution in [-0.2, 0) is 29.2 Å². The third-order valence-corrected chi connectivity index (χ3v) is 2.32. The zero-order chi connectivity index (χ0) is 12.0. The van der Waals surface area contributed by atoms with Crippen molar-refractivity contribution in [2.75, 3.05) is 7.11 Å². The van der Waals surface area contributed by atoms with Crippen molar-refractivity contribution in [2.24, 2.45) is 0 Å². The molecule has 0 bridgehead atoms. The lowest BCUT2D eigenvalue weighted by molar-refractivity contribution is -0.140. The molecule has 1 aromatic rings. The third kappa shape index (κ3) is 3.64. The van der Waals surface area contributed by atoms with E-state index >= 15 is 0 Å². The van der Waals surface area contributed by atoms with Crippen LogP contribution in [0.2, 0.25) is 0 Å². The molecule has 0 unspecified atom stereocenters. The van der Waals surface area contributed by atoms with Gasteiger partial charge in [0, 0.05) is 6.42 Å². The molecule has 88 valence electrons. The summed E-state index contributed by atoms with van der Waals surface area (Å²) in [5, 5.41) is 18.1. The van der Waals surface area contributed by atoms with Gasteiger partial charge >= 0.3 is 5.97 Å². The highest BCUT2D eigenvalue weighted by Gasteiger charge is 2.04. The first-order valence-corrected chi connectivity index (χ1v) is 5.10.